The number of amidine groups is 1. The van der Waals surface area contributed by atoms with Gasteiger partial charge in [0.2, 0.25) is 0 Å². The molecule has 0 saturated carbocycles. The number of aliphatic imine (C=N–C) groups is 1. The fourth-order valence-electron chi connectivity index (χ4n) is 2.79. The fraction of sp³-hybridized carbons (Fsp3) is 0.400. The van der Waals surface area contributed by atoms with Gasteiger partial charge in [0, 0.05) is 50.6 Å². The minimum Gasteiger partial charge on any atom is -0.353 e. The molecule has 0 aromatic heterocycles. The molecule has 27 heavy (non-hydrogen) atoms. The van der Waals surface area contributed by atoms with E-state index < -0.39 is 5.92 Å². The Kier molecular flexibility index (Phi) is 7.08. The van der Waals surface area contributed by atoms with Crippen molar-refractivity contribution in [3.63, 3.8) is 0 Å². The van der Waals surface area contributed by atoms with Crippen LogP contribution >= 0.6 is 0 Å². The zero-order chi connectivity index (χ0) is 19.9. The van der Waals surface area contributed by atoms with Gasteiger partial charge >= 0.3 is 0 Å². The van der Waals surface area contributed by atoms with E-state index in [1.54, 1.807) is 18.3 Å². The highest BCUT2D eigenvalue weighted by Crippen LogP contribution is 2.28. The minimum absolute atomic E-state index is 0.0323. The Balaban J connectivity index is 2.08. The summed E-state index contributed by atoms with van der Waals surface area (Å²) in [4.78, 5) is 8.68. The van der Waals surface area contributed by atoms with Crippen LogP contribution in [0.1, 0.15) is 19.4 Å². The van der Waals surface area contributed by atoms with E-state index in [4.69, 9.17) is 5.26 Å². The van der Waals surface area contributed by atoms with Crippen LogP contribution in [0.3, 0.4) is 0 Å². The lowest BCUT2D eigenvalue weighted by molar-refractivity contribution is 0.0175. The molecule has 1 heterocycles. The number of halogens is 2. The summed E-state index contributed by atoms with van der Waals surface area (Å²) in [5.41, 5.74) is 1.23. The molecule has 7 heteroatoms. The predicted molar refractivity (Wildman–Crippen MR) is 105 cm³/mol. The van der Waals surface area contributed by atoms with Gasteiger partial charge in [-0.25, -0.2) is 13.8 Å². The van der Waals surface area contributed by atoms with E-state index >= 15 is 0 Å². The van der Waals surface area contributed by atoms with Crippen molar-refractivity contribution < 1.29 is 8.78 Å². The third-order valence-electron chi connectivity index (χ3n) is 4.27. The molecule has 1 saturated heterocycles. The van der Waals surface area contributed by atoms with E-state index in [0.717, 1.165) is 33.1 Å². The zero-order valence-corrected chi connectivity index (χ0v) is 15.8. The number of rotatable bonds is 6. The van der Waals surface area contributed by atoms with Crippen molar-refractivity contribution in [3.8, 4) is 6.07 Å². The van der Waals surface area contributed by atoms with Crippen molar-refractivity contribution in [2.45, 2.75) is 19.8 Å². The second-order valence-electron chi connectivity index (χ2n) is 6.43. The first kappa shape index (κ1) is 20.6. The van der Waals surface area contributed by atoms with Crippen molar-refractivity contribution >= 4 is 11.5 Å². The lowest BCUT2D eigenvalue weighted by Gasteiger charge is -2.35. The number of allylic oxidation sites excluding steroid dienone is 1. The van der Waals surface area contributed by atoms with Crippen molar-refractivity contribution in [1.82, 2.24) is 9.80 Å². The molecule has 0 aliphatic carbocycles. The van der Waals surface area contributed by atoms with Crippen LogP contribution in [0.2, 0.25) is 0 Å². The molecule has 2 rings (SSSR count). The largest absolute Gasteiger partial charge is 0.353 e. The maximum absolute atomic E-state index is 13.4. The molecule has 1 aromatic rings. The molecule has 1 aromatic carbocycles. The van der Waals surface area contributed by atoms with E-state index in [-0.39, 0.29) is 5.56 Å². The van der Waals surface area contributed by atoms with Crippen molar-refractivity contribution in [1.29, 1.82) is 5.26 Å². The summed E-state index contributed by atoms with van der Waals surface area (Å²) in [5, 5.41) is 12.0. The Bertz CT molecular complexity index is 733. The first-order chi connectivity index (χ1) is 12.8. The van der Waals surface area contributed by atoms with Gasteiger partial charge in [-0.15, -0.1) is 0 Å². The van der Waals surface area contributed by atoms with E-state index in [0.29, 0.717) is 23.8 Å². The summed E-state index contributed by atoms with van der Waals surface area (Å²) in [6.07, 6.45) is 3.53. The Hall–Kier alpha value is -2.72. The SMILES string of the molecule is C=C(Nc1ccc(C(C)(F)F)cc1)C(=N/C=C\C)N1CCN(CC#N)CC1. The Morgan fingerprint density at radius 1 is 1.30 bits per heavy atom. The highest BCUT2D eigenvalue weighted by molar-refractivity contribution is 6.00. The normalized spacial score (nSPS) is 16.4. The second-order valence-corrected chi connectivity index (χ2v) is 6.43. The van der Waals surface area contributed by atoms with Gasteiger partial charge in [0.1, 0.15) is 0 Å². The van der Waals surface area contributed by atoms with E-state index in [1.807, 2.05) is 13.0 Å². The smallest absolute Gasteiger partial charge is 0.270 e. The molecule has 0 bridgehead atoms. The van der Waals surface area contributed by atoms with Gasteiger partial charge in [0.25, 0.3) is 5.92 Å². The number of alkyl halides is 2. The molecule has 0 atom stereocenters. The molecule has 0 unspecified atom stereocenters. The van der Waals surface area contributed by atoms with E-state index in [1.165, 1.54) is 12.1 Å². The predicted octanol–water partition coefficient (Wildman–Crippen LogP) is 3.80. The highest BCUT2D eigenvalue weighted by atomic mass is 19.3. The van der Waals surface area contributed by atoms with Gasteiger partial charge in [0.05, 0.1) is 18.3 Å². The van der Waals surface area contributed by atoms with Crippen LogP contribution in [-0.4, -0.2) is 48.4 Å². The van der Waals surface area contributed by atoms with Crippen LogP contribution < -0.4 is 5.32 Å². The van der Waals surface area contributed by atoms with Crippen LogP contribution in [0.25, 0.3) is 0 Å². The average Bonchev–Trinajstić information content (AvgIpc) is 2.63. The molecule has 1 fully saturated rings. The number of benzene rings is 1. The first-order valence-corrected chi connectivity index (χ1v) is 8.83. The summed E-state index contributed by atoms with van der Waals surface area (Å²) in [5.74, 6) is -2.16. The van der Waals surface area contributed by atoms with Gasteiger partial charge in [0.15, 0.2) is 5.84 Å². The van der Waals surface area contributed by atoms with Gasteiger partial charge in [-0.2, -0.15) is 5.26 Å². The highest BCUT2D eigenvalue weighted by Gasteiger charge is 2.24. The zero-order valence-electron chi connectivity index (χ0n) is 15.8. The summed E-state index contributed by atoms with van der Waals surface area (Å²) in [6.45, 7) is 10.3. The summed E-state index contributed by atoms with van der Waals surface area (Å²) in [6, 6.07) is 8.19. The molecular weight excluding hydrogens is 348 g/mol. The Labute approximate surface area is 159 Å². The Morgan fingerprint density at radius 2 is 1.93 bits per heavy atom. The molecule has 5 nitrogen and oxygen atoms in total. The van der Waals surface area contributed by atoms with Crippen molar-refractivity contribution in [3.05, 3.63) is 54.4 Å². The molecule has 1 aliphatic heterocycles. The third-order valence-corrected chi connectivity index (χ3v) is 4.27. The maximum Gasteiger partial charge on any atom is 0.270 e. The number of hydrogen-bond acceptors (Lipinski definition) is 4. The summed E-state index contributed by atoms with van der Waals surface area (Å²) >= 11 is 0. The van der Waals surface area contributed by atoms with Gasteiger partial charge in [-0.3, -0.25) is 4.90 Å². The van der Waals surface area contributed by atoms with Crippen LogP contribution in [0.5, 0.6) is 0 Å². The van der Waals surface area contributed by atoms with E-state index in [2.05, 4.69) is 32.8 Å². The van der Waals surface area contributed by atoms with Gasteiger partial charge in [-0.1, -0.05) is 24.8 Å². The molecular formula is C20H25F2N5. The summed E-state index contributed by atoms with van der Waals surface area (Å²) in [7, 11) is 0. The molecule has 1 aliphatic rings. The third kappa shape index (κ3) is 5.90. The molecule has 144 valence electrons. The first-order valence-electron chi connectivity index (χ1n) is 8.83. The van der Waals surface area contributed by atoms with Crippen LogP contribution in [0.4, 0.5) is 14.5 Å². The van der Waals surface area contributed by atoms with E-state index in [9.17, 15) is 8.78 Å². The molecule has 0 amide bonds. The lowest BCUT2D eigenvalue weighted by Crippen LogP contribution is -2.49. The van der Waals surface area contributed by atoms with Crippen LogP contribution in [0.15, 0.2) is 53.8 Å². The minimum atomic E-state index is -2.86. The monoisotopic (exact) mass is 373 g/mol. The molecule has 1 N–H and O–H groups in total. The van der Waals surface area contributed by atoms with Gasteiger partial charge in [-0.05, 0) is 19.1 Å². The second kappa shape index (κ2) is 9.28. The van der Waals surface area contributed by atoms with Crippen molar-refractivity contribution in [2.24, 2.45) is 4.99 Å². The number of nitriles is 1. The summed E-state index contributed by atoms with van der Waals surface area (Å²) < 4.78 is 26.7. The lowest BCUT2D eigenvalue weighted by atomic mass is 10.1. The topological polar surface area (TPSA) is 54.7 Å². The number of piperazine rings is 1. The quantitative estimate of drug-likeness (QED) is 0.468. The number of nitrogens with zero attached hydrogens (tertiary/aromatic N) is 4. The average molecular weight is 373 g/mol. The fourth-order valence-corrected chi connectivity index (χ4v) is 2.79. The van der Waals surface area contributed by atoms with Crippen LogP contribution in [0, 0.1) is 11.3 Å². The maximum atomic E-state index is 13.4. The van der Waals surface area contributed by atoms with Crippen LogP contribution in [-0.2, 0) is 5.92 Å². The number of anilines is 1. The van der Waals surface area contributed by atoms with Gasteiger partial charge < -0.3 is 10.2 Å². The standard InChI is InChI=1S/C20H25F2N5/c1-4-10-24-19(27-14-12-26(11-9-23)13-15-27)16(2)25-18-7-5-17(6-8-18)20(3,21)22/h4-8,10,25H,2,11-15H2,1,3H3/b10-4-,24-19?. The van der Waals surface area contributed by atoms with Crippen molar-refractivity contribution in [2.75, 3.05) is 38.0 Å². The molecule has 0 spiro atoms. The number of nitrogens with one attached hydrogen (secondary N) is 1. The number of hydrogen-bond donors (Lipinski definition) is 1. The Morgan fingerprint density at radius 3 is 2.44 bits per heavy atom. The molecule has 0 radical (unpaired) electrons.